The molecule has 0 heterocycles. The third-order valence-electron chi connectivity index (χ3n) is 2.99. The molecule has 1 aromatic rings. The average molecular weight is 289 g/mol. The number of aryl methyl sites for hydroxylation is 1. The second-order valence-corrected chi connectivity index (χ2v) is 4.92. The normalized spacial score (nSPS) is 9.81. The van der Waals surface area contributed by atoms with Crippen molar-refractivity contribution in [1.82, 2.24) is 10.6 Å². The van der Waals surface area contributed by atoms with E-state index in [1.54, 1.807) is 0 Å². The SMILES string of the molecule is C=CCNC(=O)C(=O)NCCCc1ccc(N(C)C)cc1. The first-order chi connectivity index (χ1) is 10.0. The number of hydrogen-bond donors (Lipinski definition) is 2. The fourth-order valence-corrected chi connectivity index (χ4v) is 1.78. The largest absolute Gasteiger partial charge is 0.378 e. The van der Waals surface area contributed by atoms with Gasteiger partial charge in [-0.25, -0.2) is 0 Å². The number of amides is 2. The van der Waals surface area contributed by atoms with E-state index >= 15 is 0 Å². The maximum atomic E-state index is 11.4. The summed E-state index contributed by atoms with van der Waals surface area (Å²) in [7, 11) is 4.00. The van der Waals surface area contributed by atoms with Gasteiger partial charge in [-0.1, -0.05) is 18.2 Å². The number of benzene rings is 1. The highest BCUT2D eigenvalue weighted by atomic mass is 16.2. The van der Waals surface area contributed by atoms with Crippen LogP contribution in [0.3, 0.4) is 0 Å². The van der Waals surface area contributed by atoms with E-state index in [9.17, 15) is 9.59 Å². The van der Waals surface area contributed by atoms with Gasteiger partial charge in [0.2, 0.25) is 0 Å². The molecule has 2 N–H and O–H groups in total. The lowest BCUT2D eigenvalue weighted by molar-refractivity contribution is -0.139. The highest BCUT2D eigenvalue weighted by Gasteiger charge is 2.10. The van der Waals surface area contributed by atoms with Gasteiger partial charge in [-0.05, 0) is 30.5 Å². The van der Waals surface area contributed by atoms with Crippen molar-refractivity contribution in [1.29, 1.82) is 0 Å². The molecule has 1 rings (SSSR count). The molecular weight excluding hydrogens is 266 g/mol. The van der Waals surface area contributed by atoms with E-state index in [0.717, 1.165) is 18.5 Å². The van der Waals surface area contributed by atoms with Crippen molar-refractivity contribution in [2.75, 3.05) is 32.1 Å². The minimum absolute atomic E-state index is 0.296. The summed E-state index contributed by atoms with van der Waals surface area (Å²) in [4.78, 5) is 24.8. The highest BCUT2D eigenvalue weighted by Crippen LogP contribution is 2.13. The van der Waals surface area contributed by atoms with Crippen molar-refractivity contribution in [3.05, 3.63) is 42.5 Å². The molecule has 114 valence electrons. The van der Waals surface area contributed by atoms with Gasteiger partial charge in [0, 0.05) is 32.9 Å². The topological polar surface area (TPSA) is 61.4 Å². The number of nitrogens with one attached hydrogen (secondary N) is 2. The Labute approximate surface area is 126 Å². The molecule has 0 saturated heterocycles. The van der Waals surface area contributed by atoms with Crippen LogP contribution in [0.2, 0.25) is 0 Å². The third kappa shape index (κ3) is 6.12. The zero-order chi connectivity index (χ0) is 15.7. The van der Waals surface area contributed by atoms with Crippen LogP contribution in [0.4, 0.5) is 5.69 Å². The van der Waals surface area contributed by atoms with Crippen LogP contribution in [0.15, 0.2) is 36.9 Å². The molecule has 0 aromatic heterocycles. The van der Waals surface area contributed by atoms with E-state index in [1.807, 2.05) is 19.0 Å². The summed E-state index contributed by atoms with van der Waals surface area (Å²) in [6, 6.07) is 8.29. The first-order valence-electron chi connectivity index (χ1n) is 6.97. The van der Waals surface area contributed by atoms with E-state index in [4.69, 9.17) is 0 Å². The number of nitrogens with zero attached hydrogens (tertiary/aromatic N) is 1. The molecular formula is C16H23N3O2. The monoisotopic (exact) mass is 289 g/mol. The van der Waals surface area contributed by atoms with Gasteiger partial charge < -0.3 is 15.5 Å². The lowest BCUT2D eigenvalue weighted by Crippen LogP contribution is -2.40. The van der Waals surface area contributed by atoms with Gasteiger partial charge in [0.25, 0.3) is 0 Å². The summed E-state index contributed by atoms with van der Waals surface area (Å²) in [5, 5.41) is 5.03. The van der Waals surface area contributed by atoms with Gasteiger partial charge in [-0.15, -0.1) is 6.58 Å². The molecule has 0 atom stereocenters. The first kappa shape index (κ1) is 16.8. The maximum Gasteiger partial charge on any atom is 0.309 e. The van der Waals surface area contributed by atoms with Gasteiger partial charge >= 0.3 is 11.8 Å². The Morgan fingerprint density at radius 3 is 2.33 bits per heavy atom. The third-order valence-corrected chi connectivity index (χ3v) is 2.99. The molecule has 5 heteroatoms. The van der Waals surface area contributed by atoms with Crippen LogP contribution < -0.4 is 15.5 Å². The molecule has 0 radical (unpaired) electrons. The second kappa shape index (κ2) is 8.79. The average Bonchev–Trinajstić information content (AvgIpc) is 2.49. The molecule has 0 bridgehead atoms. The van der Waals surface area contributed by atoms with Gasteiger partial charge in [-0.2, -0.15) is 0 Å². The molecule has 0 unspecified atom stereocenters. The van der Waals surface area contributed by atoms with E-state index in [-0.39, 0.29) is 0 Å². The summed E-state index contributed by atoms with van der Waals surface area (Å²) in [5.74, 6) is -1.22. The summed E-state index contributed by atoms with van der Waals surface area (Å²) in [6.07, 6.45) is 3.19. The summed E-state index contributed by atoms with van der Waals surface area (Å²) < 4.78 is 0. The summed E-state index contributed by atoms with van der Waals surface area (Å²) in [6.45, 7) is 4.25. The van der Waals surface area contributed by atoms with E-state index in [1.165, 1.54) is 11.6 Å². The van der Waals surface area contributed by atoms with Crippen molar-refractivity contribution < 1.29 is 9.59 Å². The van der Waals surface area contributed by atoms with E-state index in [0.29, 0.717) is 13.1 Å². The molecule has 0 spiro atoms. The van der Waals surface area contributed by atoms with Crippen LogP contribution in [0.5, 0.6) is 0 Å². The smallest absolute Gasteiger partial charge is 0.309 e. The Balaban J connectivity index is 2.26. The lowest BCUT2D eigenvalue weighted by atomic mass is 10.1. The lowest BCUT2D eigenvalue weighted by Gasteiger charge is -2.12. The number of rotatable bonds is 7. The van der Waals surface area contributed by atoms with Crippen LogP contribution in [-0.4, -0.2) is 39.0 Å². The molecule has 0 aliphatic heterocycles. The quantitative estimate of drug-likeness (QED) is 0.449. The Hall–Kier alpha value is -2.30. The predicted molar refractivity (Wildman–Crippen MR) is 85.3 cm³/mol. The second-order valence-electron chi connectivity index (χ2n) is 4.92. The predicted octanol–water partition coefficient (Wildman–Crippen LogP) is 1.10. The minimum Gasteiger partial charge on any atom is -0.378 e. The van der Waals surface area contributed by atoms with Crippen LogP contribution in [0, 0.1) is 0 Å². The fraction of sp³-hybridized carbons (Fsp3) is 0.375. The Morgan fingerprint density at radius 2 is 1.76 bits per heavy atom. The van der Waals surface area contributed by atoms with Gasteiger partial charge in [0.15, 0.2) is 0 Å². The molecule has 0 saturated carbocycles. The highest BCUT2D eigenvalue weighted by molar-refractivity contribution is 6.35. The molecule has 5 nitrogen and oxygen atoms in total. The van der Waals surface area contributed by atoms with Crippen molar-refractivity contribution in [2.24, 2.45) is 0 Å². The van der Waals surface area contributed by atoms with Gasteiger partial charge in [-0.3, -0.25) is 9.59 Å². The van der Waals surface area contributed by atoms with E-state index < -0.39 is 11.8 Å². The van der Waals surface area contributed by atoms with Gasteiger partial charge in [0.05, 0.1) is 0 Å². The standard InChI is InChI=1S/C16H23N3O2/c1-4-11-17-15(20)16(21)18-12-5-6-13-7-9-14(10-8-13)19(2)3/h4,7-10H,1,5-6,11-12H2,2-3H3,(H,17,20)(H,18,21). The Morgan fingerprint density at radius 1 is 1.14 bits per heavy atom. The summed E-state index contributed by atoms with van der Waals surface area (Å²) >= 11 is 0. The maximum absolute atomic E-state index is 11.4. The zero-order valence-electron chi connectivity index (χ0n) is 12.7. The van der Waals surface area contributed by atoms with Crippen molar-refractivity contribution in [3.8, 4) is 0 Å². The van der Waals surface area contributed by atoms with E-state index in [2.05, 4.69) is 41.5 Å². The van der Waals surface area contributed by atoms with Crippen LogP contribution in [0.1, 0.15) is 12.0 Å². The van der Waals surface area contributed by atoms with Crippen molar-refractivity contribution in [3.63, 3.8) is 0 Å². The van der Waals surface area contributed by atoms with Crippen LogP contribution in [0.25, 0.3) is 0 Å². The van der Waals surface area contributed by atoms with Crippen LogP contribution in [-0.2, 0) is 16.0 Å². The number of carbonyl (C=O) groups excluding carboxylic acids is 2. The fourth-order valence-electron chi connectivity index (χ4n) is 1.78. The number of carbonyl (C=O) groups is 2. The van der Waals surface area contributed by atoms with Crippen LogP contribution >= 0.6 is 0 Å². The first-order valence-corrected chi connectivity index (χ1v) is 6.97. The van der Waals surface area contributed by atoms with Gasteiger partial charge in [0.1, 0.15) is 0 Å². The van der Waals surface area contributed by atoms with Crippen molar-refractivity contribution in [2.45, 2.75) is 12.8 Å². The Kier molecular flexibility index (Phi) is 7.01. The molecule has 0 aliphatic carbocycles. The zero-order valence-corrected chi connectivity index (χ0v) is 12.7. The molecule has 21 heavy (non-hydrogen) atoms. The minimum atomic E-state index is -0.620. The molecule has 0 aliphatic rings. The molecule has 2 amide bonds. The number of hydrogen-bond acceptors (Lipinski definition) is 3. The molecule has 1 aromatic carbocycles. The summed E-state index contributed by atoms with van der Waals surface area (Å²) in [5.41, 5.74) is 2.37. The van der Waals surface area contributed by atoms with Crippen molar-refractivity contribution >= 4 is 17.5 Å². The molecule has 0 fully saturated rings. The number of anilines is 1. The Bertz CT molecular complexity index is 481.